The zero-order chi connectivity index (χ0) is 10.1. The maximum absolute atomic E-state index is 11.2. The first-order valence-electron chi connectivity index (χ1n) is 4.72. The number of rotatable bonds is 2. The number of carbonyl (C=O) groups excluding carboxylic acids is 2. The minimum Gasteiger partial charge on any atom is -0.336 e. The van der Waals surface area contributed by atoms with E-state index in [1.54, 1.807) is 4.90 Å². The van der Waals surface area contributed by atoms with Gasteiger partial charge in [0.05, 0.1) is 0 Å². The molecule has 0 bridgehead atoms. The summed E-state index contributed by atoms with van der Waals surface area (Å²) in [4.78, 5) is 23.8. The van der Waals surface area contributed by atoms with Crippen LogP contribution < -0.4 is 0 Å². The number of amides is 1. The van der Waals surface area contributed by atoms with Crippen molar-refractivity contribution >= 4 is 11.7 Å². The molecular formula is C10H17NO2. The highest BCUT2D eigenvalue weighted by Gasteiger charge is 2.29. The van der Waals surface area contributed by atoms with Crippen molar-refractivity contribution in [2.75, 3.05) is 13.1 Å². The summed E-state index contributed by atoms with van der Waals surface area (Å²) in [5, 5.41) is 0. The lowest BCUT2D eigenvalue weighted by atomic mass is 9.92. The molecule has 1 rings (SSSR count). The third-order valence-corrected chi connectivity index (χ3v) is 2.27. The van der Waals surface area contributed by atoms with Gasteiger partial charge in [-0.1, -0.05) is 20.8 Å². The second-order valence-electron chi connectivity index (χ2n) is 4.78. The van der Waals surface area contributed by atoms with Gasteiger partial charge in [0.2, 0.25) is 5.78 Å². The Balaban J connectivity index is 2.39. The molecule has 0 unspecified atom stereocenters. The molecule has 13 heavy (non-hydrogen) atoms. The van der Waals surface area contributed by atoms with Crippen molar-refractivity contribution in [3.05, 3.63) is 0 Å². The van der Waals surface area contributed by atoms with Gasteiger partial charge in [0.1, 0.15) is 0 Å². The Hall–Kier alpha value is -0.860. The average molecular weight is 183 g/mol. The molecule has 74 valence electrons. The van der Waals surface area contributed by atoms with Crippen LogP contribution in [0, 0.1) is 5.41 Å². The highest BCUT2D eigenvalue weighted by molar-refractivity contribution is 6.37. The molecule has 0 radical (unpaired) electrons. The topological polar surface area (TPSA) is 37.4 Å². The Labute approximate surface area is 79.1 Å². The molecule has 0 atom stereocenters. The molecule has 1 saturated heterocycles. The van der Waals surface area contributed by atoms with Crippen LogP contribution in [-0.4, -0.2) is 29.7 Å². The van der Waals surface area contributed by atoms with E-state index in [9.17, 15) is 9.59 Å². The molecule has 0 aliphatic carbocycles. The molecule has 0 aromatic carbocycles. The second-order valence-corrected chi connectivity index (χ2v) is 4.78. The average Bonchev–Trinajstić information content (AvgIpc) is 2.29. The Morgan fingerprint density at radius 3 is 2.31 bits per heavy atom. The highest BCUT2D eigenvalue weighted by Crippen LogP contribution is 2.20. The van der Waals surface area contributed by atoms with Gasteiger partial charge in [-0.3, -0.25) is 9.59 Å². The molecule has 0 spiro atoms. The fourth-order valence-electron chi connectivity index (χ4n) is 1.31. The minimum absolute atomic E-state index is 0.228. The second kappa shape index (κ2) is 3.48. The lowest BCUT2D eigenvalue weighted by Gasteiger charge is -2.22. The number of hydrogen-bond acceptors (Lipinski definition) is 2. The van der Waals surface area contributed by atoms with E-state index < -0.39 is 0 Å². The zero-order valence-electron chi connectivity index (χ0n) is 8.59. The molecule has 1 aliphatic rings. The van der Waals surface area contributed by atoms with Gasteiger partial charge in [0.25, 0.3) is 5.91 Å². The van der Waals surface area contributed by atoms with Crippen molar-refractivity contribution < 1.29 is 9.59 Å². The fourth-order valence-corrected chi connectivity index (χ4v) is 1.31. The van der Waals surface area contributed by atoms with Gasteiger partial charge in [-0.15, -0.1) is 0 Å². The Kier molecular flexibility index (Phi) is 2.74. The third-order valence-electron chi connectivity index (χ3n) is 2.27. The van der Waals surface area contributed by atoms with Crippen LogP contribution in [0.15, 0.2) is 0 Å². The predicted molar refractivity (Wildman–Crippen MR) is 50.3 cm³/mol. The molecule has 3 heteroatoms. The lowest BCUT2D eigenvalue weighted by molar-refractivity contribution is -0.140. The van der Waals surface area contributed by atoms with E-state index in [1.807, 2.05) is 0 Å². The van der Waals surface area contributed by atoms with Crippen LogP contribution in [0.25, 0.3) is 0 Å². The van der Waals surface area contributed by atoms with E-state index in [0.717, 1.165) is 6.42 Å². The van der Waals surface area contributed by atoms with Crippen molar-refractivity contribution in [2.24, 2.45) is 5.41 Å². The van der Waals surface area contributed by atoms with E-state index in [0.29, 0.717) is 19.5 Å². The zero-order valence-corrected chi connectivity index (χ0v) is 8.59. The summed E-state index contributed by atoms with van der Waals surface area (Å²) in [7, 11) is 0. The summed E-state index contributed by atoms with van der Waals surface area (Å²) in [6.45, 7) is 7.74. The summed E-state index contributed by atoms with van der Waals surface area (Å²) >= 11 is 0. The Bertz CT molecular complexity index is 228. The number of nitrogens with zero attached hydrogens (tertiary/aromatic N) is 1. The van der Waals surface area contributed by atoms with E-state index in [-0.39, 0.29) is 17.1 Å². The summed E-state index contributed by atoms with van der Waals surface area (Å²) in [6.07, 6.45) is 1.36. The smallest absolute Gasteiger partial charge is 0.290 e. The summed E-state index contributed by atoms with van der Waals surface area (Å²) < 4.78 is 0. The number of ketones is 1. The maximum Gasteiger partial charge on any atom is 0.290 e. The van der Waals surface area contributed by atoms with Crippen LogP contribution in [0.5, 0.6) is 0 Å². The van der Waals surface area contributed by atoms with Crippen LogP contribution in [0.2, 0.25) is 0 Å². The van der Waals surface area contributed by atoms with Crippen LogP contribution in [0.4, 0.5) is 0 Å². The van der Waals surface area contributed by atoms with E-state index in [1.165, 1.54) is 0 Å². The summed E-state index contributed by atoms with van der Waals surface area (Å²) in [5.74, 6) is -0.516. The number of likely N-dealkylation sites (tertiary alicyclic amines) is 1. The third kappa shape index (κ3) is 2.83. The Morgan fingerprint density at radius 2 is 1.92 bits per heavy atom. The molecule has 0 saturated carbocycles. The molecule has 0 N–H and O–H groups in total. The van der Waals surface area contributed by atoms with E-state index in [4.69, 9.17) is 0 Å². The normalized spacial score (nSPS) is 18.5. The van der Waals surface area contributed by atoms with Gasteiger partial charge in [0, 0.05) is 19.5 Å². The first kappa shape index (κ1) is 10.2. The van der Waals surface area contributed by atoms with Crippen molar-refractivity contribution in [3.8, 4) is 0 Å². The fraction of sp³-hybridized carbons (Fsp3) is 0.800. The van der Waals surface area contributed by atoms with Crippen molar-refractivity contribution in [1.29, 1.82) is 0 Å². The standard InChI is InChI=1S/C10H17NO2/c1-10(2,3)5-7-11-6-4-8(12)9(11)13/h4-7H2,1-3H3. The monoisotopic (exact) mass is 183 g/mol. The van der Waals surface area contributed by atoms with Crippen molar-refractivity contribution in [1.82, 2.24) is 4.90 Å². The highest BCUT2D eigenvalue weighted by atomic mass is 16.2. The molecular weight excluding hydrogens is 166 g/mol. The minimum atomic E-state index is -0.288. The molecule has 1 fully saturated rings. The van der Waals surface area contributed by atoms with Crippen LogP contribution in [0.3, 0.4) is 0 Å². The predicted octanol–water partition coefficient (Wildman–Crippen LogP) is 1.22. The quantitative estimate of drug-likeness (QED) is 0.604. The number of Topliss-reactive ketones (excluding diaryl/α,β-unsaturated/α-hetero) is 1. The molecule has 0 aromatic rings. The van der Waals surface area contributed by atoms with Gasteiger partial charge in [-0.25, -0.2) is 0 Å². The van der Waals surface area contributed by atoms with Crippen LogP contribution in [0.1, 0.15) is 33.6 Å². The first-order valence-corrected chi connectivity index (χ1v) is 4.72. The van der Waals surface area contributed by atoms with Gasteiger partial charge in [-0.05, 0) is 11.8 Å². The summed E-state index contributed by atoms with van der Waals surface area (Å²) in [6, 6.07) is 0. The van der Waals surface area contributed by atoms with E-state index in [2.05, 4.69) is 20.8 Å². The van der Waals surface area contributed by atoms with Crippen molar-refractivity contribution in [2.45, 2.75) is 33.6 Å². The number of hydrogen-bond donors (Lipinski definition) is 0. The van der Waals surface area contributed by atoms with Crippen LogP contribution >= 0.6 is 0 Å². The molecule has 1 heterocycles. The van der Waals surface area contributed by atoms with Gasteiger partial charge >= 0.3 is 0 Å². The lowest BCUT2D eigenvalue weighted by Crippen LogP contribution is -2.30. The summed E-state index contributed by atoms with van der Waals surface area (Å²) in [5.41, 5.74) is 0.228. The molecule has 1 aliphatic heterocycles. The van der Waals surface area contributed by atoms with Crippen LogP contribution in [-0.2, 0) is 9.59 Å². The maximum atomic E-state index is 11.2. The largest absolute Gasteiger partial charge is 0.336 e. The molecule has 1 amide bonds. The van der Waals surface area contributed by atoms with Gasteiger partial charge in [0.15, 0.2) is 0 Å². The Morgan fingerprint density at radius 1 is 1.31 bits per heavy atom. The SMILES string of the molecule is CC(C)(C)CCN1CCC(=O)C1=O. The molecule has 3 nitrogen and oxygen atoms in total. The van der Waals surface area contributed by atoms with Gasteiger partial charge in [-0.2, -0.15) is 0 Å². The molecule has 0 aromatic heterocycles. The number of carbonyl (C=O) groups is 2. The van der Waals surface area contributed by atoms with E-state index >= 15 is 0 Å². The van der Waals surface area contributed by atoms with Gasteiger partial charge < -0.3 is 4.90 Å². The first-order chi connectivity index (χ1) is 5.90. The van der Waals surface area contributed by atoms with Crippen molar-refractivity contribution in [3.63, 3.8) is 0 Å².